The van der Waals surface area contributed by atoms with Gasteiger partial charge in [-0.05, 0) is 43.2 Å². The highest BCUT2D eigenvalue weighted by atomic mass is 32.2. The molecule has 266 valence electrons. The van der Waals surface area contributed by atoms with Gasteiger partial charge in [-0.25, -0.2) is 8.42 Å². The van der Waals surface area contributed by atoms with Crippen LogP contribution >= 0.6 is 0 Å². The number of rotatable bonds is 13. The third-order valence-electron chi connectivity index (χ3n) is 7.87. The Morgan fingerprint density at radius 3 is 2.24 bits per heavy atom. The van der Waals surface area contributed by atoms with Crippen LogP contribution in [-0.2, 0) is 21.4 Å². The minimum atomic E-state index is -3.71. The summed E-state index contributed by atoms with van der Waals surface area (Å²) in [7, 11) is -2.40. The lowest BCUT2D eigenvalue weighted by Crippen LogP contribution is -2.57. The molecule has 0 bridgehead atoms. The summed E-state index contributed by atoms with van der Waals surface area (Å²) >= 11 is 0. The molecule has 0 aromatic heterocycles. The molecule has 3 amide bonds. The van der Waals surface area contributed by atoms with Crippen LogP contribution in [0.1, 0.15) is 45.2 Å². The summed E-state index contributed by atoms with van der Waals surface area (Å²) in [5.74, 6) is -1.46. The Labute approximate surface area is 295 Å². The van der Waals surface area contributed by atoms with E-state index in [-0.39, 0.29) is 35.7 Å². The number of aliphatic hydroxyl groups excluding tert-OH is 1. The van der Waals surface area contributed by atoms with E-state index in [2.05, 4.69) is 41.6 Å². The van der Waals surface area contributed by atoms with E-state index in [0.29, 0.717) is 19.6 Å². The van der Waals surface area contributed by atoms with Gasteiger partial charge < -0.3 is 26.0 Å². The number of hydrogen-bond acceptors (Lipinski definition) is 7. The average Bonchev–Trinajstić information content (AvgIpc) is 3.10. The number of carbonyl (C=O) groups excluding carboxylic acids is 3. The number of aliphatic hydroxyl groups is 1. The molecule has 0 spiro atoms. The first-order chi connectivity index (χ1) is 23.8. The van der Waals surface area contributed by atoms with Gasteiger partial charge in [0.25, 0.3) is 11.8 Å². The van der Waals surface area contributed by atoms with Crippen molar-refractivity contribution in [2.24, 2.45) is 0 Å². The summed E-state index contributed by atoms with van der Waals surface area (Å²) < 4.78 is 25.4. The molecule has 2 atom stereocenters. The summed E-state index contributed by atoms with van der Waals surface area (Å²) in [5, 5.41) is 19.0. The molecule has 1 fully saturated rings. The lowest BCUT2D eigenvalue weighted by Gasteiger charge is -2.34. The molecule has 1 aliphatic rings. The number of anilines is 1. The molecule has 1 aliphatic heterocycles. The van der Waals surface area contributed by atoms with Crippen molar-refractivity contribution in [3.8, 4) is 0 Å². The molecule has 3 aromatic carbocycles. The van der Waals surface area contributed by atoms with Gasteiger partial charge in [0, 0.05) is 50.8 Å². The third kappa shape index (κ3) is 12.4. The van der Waals surface area contributed by atoms with Crippen LogP contribution in [0.4, 0.5) is 5.69 Å². The fraction of sp³-hybridized carbons (Fsp3) is 0.289. The van der Waals surface area contributed by atoms with Crippen molar-refractivity contribution in [3.05, 3.63) is 138 Å². The summed E-state index contributed by atoms with van der Waals surface area (Å²) in [6.45, 7) is 9.26. The lowest BCUT2D eigenvalue weighted by atomic mass is 10.1. The summed E-state index contributed by atoms with van der Waals surface area (Å²) in [4.78, 5) is 41.0. The SMILES string of the molecule is C=C/C=C\C(=C/C)CN1CCNC(CC(O)NC(=O)c2cc(C(=O)NCc3ccccc3)cc(N(C)S(C)(=O)=O)c2)C1=O.Cc1ccccc1. The van der Waals surface area contributed by atoms with Gasteiger partial charge in [-0.3, -0.25) is 18.7 Å². The van der Waals surface area contributed by atoms with Gasteiger partial charge >= 0.3 is 0 Å². The van der Waals surface area contributed by atoms with E-state index in [1.165, 1.54) is 30.8 Å². The Morgan fingerprint density at radius 2 is 1.68 bits per heavy atom. The summed E-state index contributed by atoms with van der Waals surface area (Å²) in [6.07, 6.45) is 6.73. The first kappa shape index (κ1) is 39.4. The highest BCUT2D eigenvalue weighted by Gasteiger charge is 2.31. The van der Waals surface area contributed by atoms with Crippen molar-refractivity contribution < 1.29 is 27.9 Å². The molecule has 0 saturated carbocycles. The molecule has 0 aliphatic carbocycles. The summed E-state index contributed by atoms with van der Waals surface area (Å²) in [5.41, 5.74) is 3.25. The number of piperazine rings is 1. The zero-order valence-corrected chi connectivity index (χ0v) is 29.8. The Bertz CT molecular complexity index is 1780. The van der Waals surface area contributed by atoms with Crippen molar-refractivity contribution in [1.82, 2.24) is 20.9 Å². The van der Waals surface area contributed by atoms with E-state index in [1.54, 1.807) is 17.1 Å². The van der Waals surface area contributed by atoms with Crippen LogP contribution in [0.3, 0.4) is 0 Å². The lowest BCUT2D eigenvalue weighted by molar-refractivity contribution is -0.136. The van der Waals surface area contributed by atoms with E-state index in [1.807, 2.05) is 67.6 Å². The number of hydrogen-bond donors (Lipinski definition) is 4. The quantitative estimate of drug-likeness (QED) is 0.156. The first-order valence-corrected chi connectivity index (χ1v) is 18.0. The zero-order chi connectivity index (χ0) is 36.7. The monoisotopic (exact) mass is 701 g/mol. The number of nitrogens with zero attached hydrogens (tertiary/aromatic N) is 2. The van der Waals surface area contributed by atoms with Crippen molar-refractivity contribution in [1.29, 1.82) is 0 Å². The van der Waals surface area contributed by atoms with E-state index in [0.717, 1.165) is 21.7 Å². The molecule has 4 N–H and O–H groups in total. The standard InChI is InChI=1S/C31H39N5O6S.C7H8/c1-5-7-11-22(6-2)21-36-15-14-32-27(31(36)40)19-28(37)34-30(39)25-16-24(17-26(18-25)35(3)43(4,41)42)29(38)33-20-23-12-9-8-10-13-23;1-7-5-3-2-4-6-7/h5-13,16-18,27-28,32,37H,1,14-15,19-21H2,2-4H3,(H,33,38)(H,34,39);2-6H,1H3/b11-7-,22-6+;. The predicted octanol–water partition coefficient (Wildman–Crippen LogP) is 3.93. The molecule has 12 heteroatoms. The number of amides is 3. The second kappa shape index (κ2) is 19.2. The second-order valence-corrected chi connectivity index (χ2v) is 13.8. The van der Waals surface area contributed by atoms with Gasteiger partial charge in [-0.2, -0.15) is 0 Å². The highest BCUT2D eigenvalue weighted by molar-refractivity contribution is 7.92. The molecule has 2 unspecified atom stereocenters. The molecule has 1 heterocycles. The van der Waals surface area contributed by atoms with Crippen molar-refractivity contribution in [2.75, 3.05) is 37.2 Å². The van der Waals surface area contributed by atoms with Gasteiger partial charge in [-0.15, -0.1) is 0 Å². The molecular formula is C38H47N5O6S. The van der Waals surface area contributed by atoms with E-state index < -0.39 is 34.1 Å². The molecule has 11 nitrogen and oxygen atoms in total. The maximum atomic E-state index is 13.2. The highest BCUT2D eigenvalue weighted by Crippen LogP contribution is 2.21. The van der Waals surface area contributed by atoms with Crippen LogP contribution in [-0.4, -0.2) is 81.4 Å². The Kier molecular flexibility index (Phi) is 15.1. The van der Waals surface area contributed by atoms with Crippen molar-refractivity contribution in [3.63, 3.8) is 0 Å². The number of allylic oxidation sites excluding steroid dienone is 3. The van der Waals surface area contributed by atoms with Crippen LogP contribution < -0.4 is 20.3 Å². The number of carbonyl (C=O) groups is 3. The topological polar surface area (TPSA) is 148 Å². The predicted molar refractivity (Wildman–Crippen MR) is 198 cm³/mol. The van der Waals surface area contributed by atoms with Crippen LogP contribution in [0.2, 0.25) is 0 Å². The van der Waals surface area contributed by atoms with E-state index in [4.69, 9.17) is 0 Å². The summed E-state index contributed by atoms with van der Waals surface area (Å²) in [6, 6.07) is 22.8. The molecule has 3 aromatic rings. The van der Waals surface area contributed by atoms with Crippen molar-refractivity contribution >= 4 is 33.4 Å². The van der Waals surface area contributed by atoms with Crippen molar-refractivity contribution in [2.45, 2.75) is 39.1 Å². The fourth-order valence-corrected chi connectivity index (χ4v) is 5.45. The second-order valence-electron chi connectivity index (χ2n) is 11.8. The minimum absolute atomic E-state index is 0.0341. The maximum Gasteiger partial charge on any atom is 0.253 e. The average molecular weight is 702 g/mol. The molecule has 0 radical (unpaired) electrons. The van der Waals surface area contributed by atoms with E-state index >= 15 is 0 Å². The number of benzene rings is 3. The largest absolute Gasteiger partial charge is 0.374 e. The molecule has 1 saturated heterocycles. The van der Waals surface area contributed by atoms with Gasteiger partial charge in [0.1, 0.15) is 6.23 Å². The van der Waals surface area contributed by atoms with Gasteiger partial charge in [0.05, 0.1) is 18.0 Å². The van der Waals surface area contributed by atoms with Gasteiger partial charge in [0.15, 0.2) is 0 Å². The number of sulfonamides is 1. The number of aryl methyl sites for hydroxylation is 1. The van der Waals surface area contributed by atoms with Crippen LogP contribution in [0, 0.1) is 6.92 Å². The van der Waals surface area contributed by atoms with Crippen LogP contribution in [0.15, 0.2) is 115 Å². The minimum Gasteiger partial charge on any atom is -0.374 e. The molecule has 50 heavy (non-hydrogen) atoms. The Balaban J connectivity index is 0.000000857. The van der Waals surface area contributed by atoms with E-state index in [9.17, 15) is 27.9 Å². The van der Waals surface area contributed by atoms with Gasteiger partial charge in [-0.1, -0.05) is 97.1 Å². The van der Waals surface area contributed by atoms with Crippen LogP contribution in [0.25, 0.3) is 0 Å². The Morgan fingerprint density at radius 1 is 1.06 bits per heavy atom. The zero-order valence-electron chi connectivity index (χ0n) is 29.0. The fourth-order valence-electron chi connectivity index (χ4n) is 4.96. The third-order valence-corrected chi connectivity index (χ3v) is 9.07. The smallest absolute Gasteiger partial charge is 0.253 e. The normalized spacial score (nSPS) is 15.5. The maximum absolute atomic E-state index is 13.2. The first-order valence-electron chi connectivity index (χ1n) is 16.2. The van der Waals surface area contributed by atoms with Gasteiger partial charge in [0.2, 0.25) is 15.9 Å². The number of nitrogens with one attached hydrogen (secondary N) is 3. The van der Waals surface area contributed by atoms with Crippen LogP contribution in [0.5, 0.6) is 0 Å². The molecular weight excluding hydrogens is 655 g/mol. The Hall–Kier alpha value is -5.04. The molecule has 4 rings (SSSR count).